The molecule has 23 heavy (non-hydrogen) atoms. The van der Waals surface area contributed by atoms with Crippen LogP contribution in [0.1, 0.15) is 34.1 Å². The fourth-order valence-corrected chi connectivity index (χ4v) is 2.92. The van der Waals surface area contributed by atoms with Crippen LogP contribution in [0.4, 0.5) is 19.0 Å². The first-order valence-corrected chi connectivity index (χ1v) is 7.27. The molecule has 7 heteroatoms. The van der Waals surface area contributed by atoms with Gasteiger partial charge in [0.25, 0.3) is 0 Å². The van der Waals surface area contributed by atoms with Gasteiger partial charge in [0, 0.05) is 13.1 Å². The lowest BCUT2D eigenvalue weighted by atomic mass is 10.1. The summed E-state index contributed by atoms with van der Waals surface area (Å²) in [6, 6.07) is 7.70. The van der Waals surface area contributed by atoms with Gasteiger partial charge in [-0.15, -0.1) is 0 Å². The molecule has 1 aromatic carbocycles. The van der Waals surface area contributed by atoms with Gasteiger partial charge in [0.1, 0.15) is 5.82 Å². The predicted molar refractivity (Wildman–Crippen MR) is 79.5 cm³/mol. The number of anilines is 1. The second kappa shape index (κ2) is 5.40. The number of alkyl halides is 3. The zero-order valence-electron chi connectivity index (χ0n) is 12.8. The fraction of sp³-hybridized carbons (Fsp3) is 0.375. The first-order chi connectivity index (χ1) is 10.8. The number of aryl methyl sites for hydroxylation is 1. The molecule has 0 unspecified atom stereocenters. The molecule has 0 radical (unpaired) electrons. The summed E-state index contributed by atoms with van der Waals surface area (Å²) in [5, 5.41) is 3.63. The van der Waals surface area contributed by atoms with Crippen molar-refractivity contribution in [2.24, 2.45) is 0 Å². The molecule has 0 spiro atoms. The van der Waals surface area contributed by atoms with Gasteiger partial charge in [0.2, 0.25) is 0 Å². The van der Waals surface area contributed by atoms with Gasteiger partial charge in [-0.1, -0.05) is 24.3 Å². The predicted octanol–water partition coefficient (Wildman–Crippen LogP) is 3.43. The molecular weight excluding hydrogens is 307 g/mol. The minimum absolute atomic E-state index is 0.271. The Morgan fingerprint density at radius 1 is 1.26 bits per heavy atom. The zero-order chi connectivity index (χ0) is 16.8. The van der Waals surface area contributed by atoms with Crippen molar-refractivity contribution in [3.8, 4) is 0 Å². The molecule has 0 amide bonds. The number of hydrogen-bond donors (Lipinski definition) is 0. The van der Waals surface area contributed by atoms with Crippen LogP contribution in [0.15, 0.2) is 24.3 Å². The molecular formula is C16H16F3N3O. The molecule has 1 aromatic heterocycles. The molecule has 3 rings (SSSR count). The molecule has 1 aliphatic heterocycles. The SMILES string of the molecule is CC(=O)c1c(C(F)(F)F)nn2c1N(Cc1ccccc1C)CC2. The Kier molecular flexibility index (Phi) is 3.66. The van der Waals surface area contributed by atoms with E-state index in [1.54, 1.807) is 4.90 Å². The molecule has 0 aliphatic carbocycles. The molecule has 2 aromatic rings. The van der Waals surface area contributed by atoms with Crippen molar-refractivity contribution in [2.45, 2.75) is 33.1 Å². The minimum Gasteiger partial charge on any atom is -0.350 e. The molecule has 2 heterocycles. The van der Waals surface area contributed by atoms with E-state index in [1.165, 1.54) is 4.68 Å². The Hall–Kier alpha value is -2.31. The lowest BCUT2D eigenvalue weighted by molar-refractivity contribution is -0.141. The van der Waals surface area contributed by atoms with Gasteiger partial charge in [0.05, 0.1) is 12.1 Å². The average molecular weight is 323 g/mol. The van der Waals surface area contributed by atoms with Crippen LogP contribution in [0.5, 0.6) is 0 Å². The van der Waals surface area contributed by atoms with Gasteiger partial charge < -0.3 is 4.90 Å². The van der Waals surface area contributed by atoms with E-state index in [2.05, 4.69) is 5.10 Å². The van der Waals surface area contributed by atoms with E-state index in [9.17, 15) is 18.0 Å². The van der Waals surface area contributed by atoms with Gasteiger partial charge in [-0.2, -0.15) is 18.3 Å². The number of hydrogen-bond acceptors (Lipinski definition) is 3. The maximum absolute atomic E-state index is 13.1. The lowest BCUT2D eigenvalue weighted by Gasteiger charge is -2.20. The number of rotatable bonds is 3. The highest BCUT2D eigenvalue weighted by molar-refractivity contribution is 6.00. The third-order valence-corrected chi connectivity index (χ3v) is 4.05. The first-order valence-electron chi connectivity index (χ1n) is 7.27. The van der Waals surface area contributed by atoms with Crippen molar-refractivity contribution in [2.75, 3.05) is 11.4 Å². The zero-order valence-corrected chi connectivity index (χ0v) is 12.8. The number of benzene rings is 1. The molecule has 122 valence electrons. The van der Waals surface area contributed by atoms with Crippen molar-refractivity contribution in [3.63, 3.8) is 0 Å². The second-order valence-corrected chi connectivity index (χ2v) is 5.67. The van der Waals surface area contributed by atoms with Gasteiger partial charge in [-0.05, 0) is 25.0 Å². The van der Waals surface area contributed by atoms with E-state index in [0.717, 1.165) is 18.1 Å². The summed E-state index contributed by atoms with van der Waals surface area (Å²) in [7, 11) is 0. The van der Waals surface area contributed by atoms with Crippen LogP contribution >= 0.6 is 0 Å². The molecule has 0 saturated heterocycles. The number of ketones is 1. The summed E-state index contributed by atoms with van der Waals surface area (Å²) < 4.78 is 40.7. The summed E-state index contributed by atoms with van der Waals surface area (Å²) in [4.78, 5) is 13.6. The van der Waals surface area contributed by atoms with Crippen LogP contribution in [0.2, 0.25) is 0 Å². The van der Waals surface area contributed by atoms with E-state index in [1.807, 2.05) is 31.2 Å². The smallest absolute Gasteiger partial charge is 0.350 e. The Morgan fingerprint density at radius 2 is 1.96 bits per heavy atom. The maximum atomic E-state index is 13.1. The fourth-order valence-electron chi connectivity index (χ4n) is 2.92. The van der Waals surface area contributed by atoms with Gasteiger partial charge in [0.15, 0.2) is 11.5 Å². The third-order valence-electron chi connectivity index (χ3n) is 4.05. The monoisotopic (exact) mass is 323 g/mol. The molecule has 0 saturated carbocycles. The van der Waals surface area contributed by atoms with Gasteiger partial charge >= 0.3 is 6.18 Å². The number of Topliss-reactive ketones (excluding diaryl/α,β-unsaturated/α-hetero) is 1. The van der Waals surface area contributed by atoms with Gasteiger partial charge in [-0.3, -0.25) is 4.79 Å². The quantitative estimate of drug-likeness (QED) is 0.812. The normalized spacial score (nSPS) is 14.2. The average Bonchev–Trinajstić information content (AvgIpc) is 3.00. The lowest BCUT2D eigenvalue weighted by Crippen LogP contribution is -2.23. The van der Waals surface area contributed by atoms with Crippen LogP contribution in [-0.4, -0.2) is 22.1 Å². The van der Waals surface area contributed by atoms with Crippen LogP contribution in [0.25, 0.3) is 0 Å². The molecule has 4 nitrogen and oxygen atoms in total. The van der Waals surface area contributed by atoms with Crippen LogP contribution in [-0.2, 0) is 19.3 Å². The highest BCUT2D eigenvalue weighted by atomic mass is 19.4. The minimum atomic E-state index is -4.63. The van der Waals surface area contributed by atoms with E-state index in [4.69, 9.17) is 0 Å². The first kappa shape index (κ1) is 15.6. The standard InChI is InChI=1S/C16H16F3N3O/c1-10-5-3-4-6-12(10)9-21-7-8-22-15(21)13(11(2)23)14(20-22)16(17,18)19/h3-6H,7-9H2,1-2H3. The summed E-state index contributed by atoms with van der Waals surface area (Å²) in [6.45, 7) is 4.44. The summed E-state index contributed by atoms with van der Waals surface area (Å²) in [6.07, 6.45) is -4.63. The summed E-state index contributed by atoms with van der Waals surface area (Å²) >= 11 is 0. The van der Waals surface area contributed by atoms with Gasteiger partial charge in [-0.25, -0.2) is 4.68 Å². The van der Waals surface area contributed by atoms with Crippen molar-refractivity contribution in [1.29, 1.82) is 0 Å². The highest BCUT2D eigenvalue weighted by Gasteiger charge is 2.43. The van der Waals surface area contributed by atoms with Crippen molar-refractivity contribution in [1.82, 2.24) is 9.78 Å². The largest absolute Gasteiger partial charge is 0.435 e. The molecule has 0 fully saturated rings. The summed E-state index contributed by atoms with van der Waals surface area (Å²) in [5.74, 6) is -0.344. The number of carbonyl (C=O) groups is 1. The Labute approximate surface area is 131 Å². The van der Waals surface area contributed by atoms with Crippen LogP contribution in [0.3, 0.4) is 0 Å². The van der Waals surface area contributed by atoms with E-state index in [-0.39, 0.29) is 11.4 Å². The van der Waals surface area contributed by atoms with Crippen molar-refractivity contribution in [3.05, 3.63) is 46.6 Å². The second-order valence-electron chi connectivity index (χ2n) is 5.67. The number of halogens is 3. The van der Waals surface area contributed by atoms with E-state index >= 15 is 0 Å². The Bertz CT molecular complexity index is 764. The topological polar surface area (TPSA) is 38.1 Å². The number of aromatic nitrogens is 2. The Balaban J connectivity index is 2.04. The molecule has 0 N–H and O–H groups in total. The third kappa shape index (κ3) is 2.71. The number of nitrogens with zero attached hydrogens (tertiary/aromatic N) is 3. The van der Waals surface area contributed by atoms with Crippen molar-refractivity contribution >= 4 is 11.6 Å². The molecule has 0 bridgehead atoms. The summed E-state index contributed by atoms with van der Waals surface area (Å²) in [5.41, 5.74) is 0.661. The molecule has 0 atom stereocenters. The Morgan fingerprint density at radius 3 is 2.57 bits per heavy atom. The molecule has 1 aliphatic rings. The highest BCUT2D eigenvalue weighted by Crippen LogP contribution is 2.38. The maximum Gasteiger partial charge on any atom is 0.435 e. The number of fused-ring (bicyclic) bond motifs is 1. The van der Waals surface area contributed by atoms with Crippen LogP contribution < -0.4 is 4.90 Å². The van der Waals surface area contributed by atoms with Crippen LogP contribution in [0, 0.1) is 6.92 Å². The van der Waals surface area contributed by atoms with E-state index in [0.29, 0.717) is 19.6 Å². The van der Waals surface area contributed by atoms with E-state index < -0.39 is 17.7 Å². The van der Waals surface area contributed by atoms with Crippen molar-refractivity contribution < 1.29 is 18.0 Å². The number of carbonyl (C=O) groups excluding carboxylic acids is 1.